The zero-order valence-corrected chi connectivity index (χ0v) is 14.5. The SMILES string of the molecule is CCn1ccnc1CN(Cc1ccncc1)[C@@H]1CC12CCNCC2. The van der Waals surface area contributed by atoms with Crippen molar-refractivity contribution in [2.75, 3.05) is 13.1 Å². The van der Waals surface area contributed by atoms with Gasteiger partial charge in [0.1, 0.15) is 5.82 Å². The summed E-state index contributed by atoms with van der Waals surface area (Å²) in [5.74, 6) is 1.18. The Morgan fingerprint density at radius 2 is 2.00 bits per heavy atom. The first-order valence-electron chi connectivity index (χ1n) is 9.14. The molecule has 2 aliphatic rings. The fraction of sp³-hybridized carbons (Fsp3) is 0.579. The Labute approximate surface area is 144 Å². The van der Waals surface area contributed by atoms with Crippen molar-refractivity contribution < 1.29 is 0 Å². The zero-order valence-electron chi connectivity index (χ0n) is 14.5. The van der Waals surface area contributed by atoms with Crippen LogP contribution in [-0.2, 0) is 19.6 Å². The maximum atomic E-state index is 4.61. The van der Waals surface area contributed by atoms with Gasteiger partial charge in [0.05, 0.1) is 6.54 Å². The van der Waals surface area contributed by atoms with Crippen LogP contribution in [0.15, 0.2) is 36.9 Å². The van der Waals surface area contributed by atoms with Gasteiger partial charge in [-0.1, -0.05) is 0 Å². The Hall–Kier alpha value is -1.72. The van der Waals surface area contributed by atoms with Crippen molar-refractivity contribution in [2.24, 2.45) is 5.41 Å². The number of nitrogens with one attached hydrogen (secondary N) is 1. The molecule has 2 aromatic rings. The third-order valence-corrected chi connectivity index (χ3v) is 5.81. The highest BCUT2D eigenvalue weighted by atomic mass is 15.2. The normalized spacial score (nSPS) is 22.2. The fourth-order valence-electron chi connectivity index (χ4n) is 4.26. The standard InChI is InChI=1S/C19H27N5/c1-2-23-12-11-22-18(23)15-24(14-16-3-7-20-8-4-16)17-13-19(17)5-9-21-10-6-19/h3-4,7-8,11-12,17,21H,2,5-6,9-10,13-15H2,1H3/t17-/m1/s1. The fourth-order valence-corrected chi connectivity index (χ4v) is 4.26. The third-order valence-electron chi connectivity index (χ3n) is 5.81. The highest BCUT2D eigenvalue weighted by Gasteiger charge is 2.56. The van der Waals surface area contributed by atoms with Gasteiger partial charge in [-0.3, -0.25) is 9.88 Å². The Kier molecular flexibility index (Phi) is 4.37. The van der Waals surface area contributed by atoms with Crippen LogP contribution in [0.4, 0.5) is 0 Å². The summed E-state index contributed by atoms with van der Waals surface area (Å²) >= 11 is 0. The number of nitrogens with zero attached hydrogens (tertiary/aromatic N) is 4. The van der Waals surface area contributed by atoms with Gasteiger partial charge in [0, 0.05) is 43.9 Å². The molecule has 1 spiro atoms. The van der Waals surface area contributed by atoms with Gasteiger partial charge in [-0.05, 0) is 62.4 Å². The molecule has 4 rings (SSSR count). The van der Waals surface area contributed by atoms with Crippen LogP contribution in [0.5, 0.6) is 0 Å². The Bertz CT molecular complexity index is 659. The summed E-state index contributed by atoms with van der Waals surface area (Å²) in [4.78, 5) is 11.4. The van der Waals surface area contributed by atoms with Gasteiger partial charge in [-0.25, -0.2) is 4.98 Å². The first-order chi connectivity index (χ1) is 11.8. The van der Waals surface area contributed by atoms with E-state index in [9.17, 15) is 0 Å². The van der Waals surface area contributed by atoms with Gasteiger partial charge < -0.3 is 9.88 Å². The average molecular weight is 325 g/mol. The summed E-state index contributed by atoms with van der Waals surface area (Å²) in [5.41, 5.74) is 1.89. The summed E-state index contributed by atoms with van der Waals surface area (Å²) < 4.78 is 2.26. The van der Waals surface area contributed by atoms with E-state index in [1.54, 1.807) is 0 Å². The number of imidazole rings is 1. The van der Waals surface area contributed by atoms with Gasteiger partial charge in [0.2, 0.25) is 0 Å². The first kappa shape index (κ1) is 15.8. The second-order valence-electron chi connectivity index (χ2n) is 7.22. The predicted molar refractivity (Wildman–Crippen MR) is 94.3 cm³/mol. The molecule has 0 aromatic carbocycles. The van der Waals surface area contributed by atoms with E-state index in [0.717, 1.165) is 19.6 Å². The minimum absolute atomic E-state index is 0.544. The van der Waals surface area contributed by atoms with Crippen LogP contribution in [0.3, 0.4) is 0 Å². The Morgan fingerprint density at radius 1 is 1.21 bits per heavy atom. The lowest BCUT2D eigenvalue weighted by Gasteiger charge is -2.29. The number of aryl methyl sites for hydroxylation is 1. The molecule has 0 bridgehead atoms. The molecule has 3 heterocycles. The van der Waals surface area contributed by atoms with Crippen LogP contribution in [0.25, 0.3) is 0 Å². The predicted octanol–water partition coefficient (Wildman–Crippen LogP) is 2.44. The second kappa shape index (κ2) is 6.65. The number of hydrogen-bond acceptors (Lipinski definition) is 4. The average Bonchev–Trinajstić information content (AvgIpc) is 3.11. The monoisotopic (exact) mass is 325 g/mol. The van der Waals surface area contributed by atoms with Crippen molar-refractivity contribution in [1.82, 2.24) is 24.8 Å². The lowest BCUT2D eigenvalue weighted by Crippen LogP contribution is -2.36. The van der Waals surface area contributed by atoms with E-state index in [0.29, 0.717) is 11.5 Å². The minimum atomic E-state index is 0.544. The van der Waals surface area contributed by atoms with Gasteiger partial charge in [-0.15, -0.1) is 0 Å². The molecular weight excluding hydrogens is 298 g/mol. The summed E-state index contributed by atoms with van der Waals surface area (Å²) in [7, 11) is 0. The lowest BCUT2D eigenvalue weighted by molar-refractivity contribution is 0.182. The van der Waals surface area contributed by atoms with Gasteiger partial charge in [-0.2, -0.15) is 0 Å². The van der Waals surface area contributed by atoms with Crippen LogP contribution in [0, 0.1) is 5.41 Å². The maximum absolute atomic E-state index is 4.61. The molecule has 0 radical (unpaired) electrons. The van der Waals surface area contributed by atoms with Crippen molar-refractivity contribution in [3.8, 4) is 0 Å². The van der Waals surface area contributed by atoms with Crippen LogP contribution < -0.4 is 5.32 Å². The Balaban J connectivity index is 1.53. The Morgan fingerprint density at radius 3 is 2.75 bits per heavy atom. The number of rotatable bonds is 6. The van der Waals surface area contributed by atoms with E-state index >= 15 is 0 Å². The van der Waals surface area contributed by atoms with E-state index in [2.05, 4.69) is 50.0 Å². The van der Waals surface area contributed by atoms with Crippen LogP contribution in [0.2, 0.25) is 0 Å². The van der Waals surface area contributed by atoms with E-state index in [4.69, 9.17) is 0 Å². The van der Waals surface area contributed by atoms with Gasteiger partial charge >= 0.3 is 0 Å². The van der Waals surface area contributed by atoms with Crippen molar-refractivity contribution in [3.05, 3.63) is 48.3 Å². The second-order valence-corrected chi connectivity index (χ2v) is 7.22. The molecule has 5 heteroatoms. The molecule has 0 amide bonds. The van der Waals surface area contributed by atoms with Crippen LogP contribution >= 0.6 is 0 Å². The molecular formula is C19H27N5. The number of pyridine rings is 1. The van der Waals surface area contributed by atoms with Crippen molar-refractivity contribution in [3.63, 3.8) is 0 Å². The van der Waals surface area contributed by atoms with Crippen LogP contribution in [-0.4, -0.2) is 38.6 Å². The highest BCUT2D eigenvalue weighted by Crippen LogP contribution is 2.56. The van der Waals surface area contributed by atoms with E-state index in [-0.39, 0.29) is 0 Å². The minimum Gasteiger partial charge on any atom is -0.334 e. The topological polar surface area (TPSA) is 46.0 Å². The zero-order chi connectivity index (χ0) is 16.4. The van der Waals surface area contributed by atoms with E-state index < -0.39 is 0 Å². The smallest absolute Gasteiger partial charge is 0.122 e. The van der Waals surface area contributed by atoms with Gasteiger partial charge in [0.25, 0.3) is 0 Å². The number of aromatic nitrogens is 3. The molecule has 1 atom stereocenters. The summed E-state index contributed by atoms with van der Waals surface area (Å²) in [6.07, 6.45) is 11.8. The molecule has 1 saturated carbocycles. The van der Waals surface area contributed by atoms with Crippen LogP contribution in [0.1, 0.15) is 37.6 Å². The summed E-state index contributed by atoms with van der Waals surface area (Å²) in [6, 6.07) is 4.96. The third kappa shape index (κ3) is 3.10. The number of hydrogen-bond donors (Lipinski definition) is 1. The van der Waals surface area contributed by atoms with Crippen molar-refractivity contribution in [1.29, 1.82) is 0 Å². The quantitative estimate of drug-likeness (QED) is 0.886. The van der Waals surface area contributed by atoms with Gasteiger partial charge in [0.15, 0.2) is 0 Å². The molecule has 5 nitrogen and oxygen atoms in total. The maximum Gasteiger partial charge on any atom is 0.122 e. The molecule has 0 unspecified atom stereocenters. The van der Waals surface area contributed by atoms with Crippen molar-refractivity contribution in [2.45, 2.75) is 51.9 Å². The molecule has 2 aromatic heterocycles. The number of piperidine rings is 1. The molecule has 1 saturated heterocycles. The van der Waals surface area contributed by atoms with Crippen molar-refractivity contribution >= 4 is 0 Å². The van der Waals surface area contributed by atoms with E-state index in [1.165, 1.54) is 43.7 Å². The first-order valence-corrected chi connectivity index (χ1v) is 9.14. The highest BCUT2D eigenvalue weighted by molar-refractivity contribution is 5.15. The molecule has 24 heavy (non-hydrogen) atoms. The molecule has 1 aliphatic carbocycles. The molecule has 1 N–H and O–H groups in total. The molecule has 2 fully saturated rings. The molecule has 128 valence electrons. The summed E-state index contributed by atoms with van der Waals surface area (Å²) in [5, 5.41) is 3.51. The largest absolute Gasteiger partial charge is 0.334 e. The lowest BCUT2D eigenvalue weighted by atomic mass is 9.93. The molecule has 1 aliphatic heterocycles. The summed E-state index contributed by atoms with van der Waals surface area (Å²) in [6.45, 7) is 7.43. The van der Waals surface area contributed by atoms with E-state index in [1.807, 2.05) is 18.6 Å².